The van der Waals surface area contributed by atoms with E-state index in [9.17, 15) is 14.0 Å². The number of carbonyl (C=O) groups is 2. The predicted molar refractivity (Wildman–Crippen MR) is 115 cm³/mol. The molecule has 4 nitrogen and oxygen atoms in total. The zero-order valence-electron chi connectivity index (χ0n) is 16.8. The second-order valence-electron chi connectivity index (χ2n) is 7.38. The van der Waals surface area contributed by atoms with E-state index in [2.05, 4.69) is 5.32 Å². The van der Waals surface area contributed by atoms with Gasteiger partial charge in [0.25, 0.3) is 11.8 Å². The molecular weight excluding hydrogens is 379 g/mol. The van der Waals surface area contributed by atoms with E-state index in [0.29, 0.717) is 16.8 Å². The summed E-state index contributed by atoms with van der Waals surface area (Å²) in [4.78, 5) is 27.9. The first-order valence-electron chi connectivity index (χ1n) is 9.68. The lowest BCUT2D eigenvalue weighted by atomic mass is 9.97. The number of anilines is 1. The standard InChI is InChI=1S/C25H21FN2O2/c1-16-8-13-21(17(2)14-16)22-23(27-20-11-9-19(26)10-12-20)25(30)28(24(22)29)15-18-6-4-3-5-7-18/h3-14,27H,15H2,1-2H3. The van der Waals surface area contributed by atoms with Crippen molar-refractivity contribution in [2.75, 3.05) is 5.32 Å². The highest BCUT2D eigenvalue weighted by Crippen LogP contribution is 2.33. The minimum atomic E-state index is -0.400. The highest BCUT2D eigenvalue weighted by atomic mass is 19.1. The Morgan fingerprint density at radius 2 is 1.57 bits per heavy atom. The van der Waals surface area contributed by atoms with Gasteiger partial charge in [0.1, 0.15) is 11.5 Å². The zero-order valence-corrected chi connectivity index (χ0v) is 16.8. The molecule has 0 saturated heterocycles. The van der Waals surface area contributed by atoms with E-state index in [1.807, 2.05) is 62.4 Å². The number of nitrogens with zero attached hydrogens (tertiary/aromatic N) is 1. The normalized spacial score (nSPS) is 13.9. The number of aryl methyl sites for hydroxylation is 2. The lowest BCUT2D eigenvalue weighted by molar-refractivity contribution is -0.137. The summed E-state index contributed by atoms with van der Waals surface area (Å²) in [5.41, 5.74) is 4.62. The highest BCUT2D eigenvalue weighted by molar-refractivity contribution is 6.36. The fourth-order valence-corrected chi connectivity index (χ4v) is 3.62. The van der Waals surface area contributed by atoms with Gasteiger partial charge in [0, 0.05) is 5.69 Å². The molecular formula is C25H21FN2O2. The fraction of sp³-hybridized carbons (Fsp3) is 0.120. The summed E-state index contributed by atoms with van der Waals surface area (Å²) < 4.78 is 13.3. The lowest BCUT2D eigenvalue weighted by Crippen LogP contribution is -2.32. The van der Waals surface area contributed by atoms with Crippen molar-refractivity contribution in [2.45, 2.75) is 20.4 Å². The van der Waals surface area contributed by atoms with Crippen molar-refractivity contribution in [3.8, 4) is 0 Å². The van der Waals surface area contributed by atoms with Crippen LogP contribution in [-0.2, 0) is 16.1 Å². The molecule has 0 bridgehead atoms. The number of benzene rings is 3. The maximum atomic E-state index is 13.4. The number of nitrogens with one attached hydrogen (secondary N) is 1. The number of hydrogen-bond donors (Lipinski definition) is 1. The minimum absolute atomic E-state index is 0.182. The zero-order chi connectivity index (χ0) is 21.3. The molecule has 0 radical (unpaired) electrons. The minimum Gasteiger partial charge on any atom is -0.350 e. The lowest BCUT2D eigenvalue weighted by Gasteiger charge is -2.15. The number of hydrogen-bond acceptors (Lipinski definition) is 3. The second kappa shape index (κ2) is 7.95. The Morgan fingerprint density at radius 1 is 0.867 bits per heavy atom. The van der Waals surface area contributed by atoms with Crippen LogP contribution in [0.5, 0.6) is 0 Å². The molecule has 1 N–H and O–H groups in total. The monoisotopic (exact) mass is 400 g/mol. The third kappa shape index (κ3) is 3.74. The highest BCUT2D eigenvalue weighted by Gasteiger charge is 2.39. The summed E-state index contributed by atoms with van der Waals surface area (Å²) in [7, 11) is 0. The summed E-state index contributed by atoms with van der Waals surface area (Å²) in [6.07, 6.45) is 0. The maximum absolute atomic E-state index is 13.4. The molecule has 150 valence electrons. The molecule has 0 atom stereocenters. The van der Waals surface area contributed by atoms with E-state index < -0.39 is 5.91 Å². The van der Waals surface area contributed by atoms with Crippen LogP contribution in [0.4, 0.5) is 10.1 Å². The topological polar surface area (TPSA) is 49.4 Å². The molecule has 3 aromatic rings. The average molecular weight is 400 g/mol. The molecule has 0 spiro atoms. The molecule has 0 fully saturated rings. The molecule has 1 aliphatic rings. The molecule has 0 aromatic heterocycles. The van der Waals surface area contributed by atoms with Crippen molar-refractivity contribution < 1.29 is 14.0 Å². The number of imide groups is 1. The van der Waals surface area contributed by atoms with Gasteiger partial charge in [0.05, 0.1) is 12.1 Å². The third-order valence-corrected chi connectivity index (χ3v) is 5.12. The van der Waals surface area contributed by atoms with Crippen LogP contribution < -0.4 is 5.32 Å². The number of rotatable bonds is 5. The van der Waals surface area contributed by atoms with Gasteiger partial charge in [-0.3, -0.25) is 14.5 Å². The second-order valence-corrected chi connectivity index (χ2v) is 7.38. The Kier molecular flexibility index (Phi) is 5.19. The van der Waals surface area contributed by atoms with Gasteiger partial charge in [-0.15, -0.1) is 0 Å². The number of amides is 2. The van der Waals surface area contributed by atoms with E-state index in [-0.39, 0.29) is 24.0 Å². The first-order chi connectivity index (χ1) is 14.4. The SMILES string of the molecule is Cc1ccc(C2=C(Nc3ccc(F)cc3)C(=O)N(Cc3ccccc3)C2=O)c(C)c1. The van der Waals surface area contributed by atoms with Gasteiger partial charge in [-0.25, -0.2) is 4.39 Å². The van der Waals surface area contributed by atoms with Crippen LogP contribution in [0.1, 0.15) is 22.3 Å². The molecule has 1 heterocycles. The largest absolute Gasteiger partial charge is 0.350 e. The van der Waals surface area contributed by atoms with Crippen molar-refractivity contribution in [2.24, 2.45) is 0 Å². The van der Waals surface area contributed by atoms with Crippen LogP contribution in [-0.4, -0.2) is 16.7 Å². The Balaban J connectivity index is 1.78. The smallest absolute Gasteiger partial charge is 0.278 e. The van der Waals surface area contributed by atoms with Crippen LogP contribution in [0.15, 0.2) is 78.5 Å². The molecule has 0 unspecified atom stereocenters. The van der Waals surface area contributed by atoms with Crippen molar-refractivity contribution in [1.29, 1.82) is 0 Å². The van der Waals surface area contributed by atoms with Gasteiger partial charge < -0.3 is 5.32 Å². The van der Waals surface area contributed by atoms with E-state index in [0.717, 1.165) is 16.7 Å². The van der Waals surface area contributed by atoms with Gasteiger partial charge in [-0.05, 0) is 54.8 Å². The molecule has 4 rings (SSSR count). The van der Waals surface area contributed by atoms with Gasteiger partial charge in [0.2, 0.25) is 0 Å². The molecule has 2 amide bonds. The van der Waals surface area contributed by atoms with E-state index >= 15 is 0 Å². The fourth-order valence-electron chi connectivity index (χ4n) is 3.62. The Labute approximate surface area is 174 Å². The average Bonchev–Trinajstić information content (AvgIpc) is 2.95. The molecule has 5 heteroatoms. The summed E-state index contributed by atoms with van der Waals surface area (Å²) in [5, 5.41) is 3.06. The quantitative estimate of drug-likeness (QED) is 0.624. The Hall–Kier alpha value is -3.73. The van der Waals surface area contributed by atoms with Crippen molar-refractivity contribution in [3.63, 3.8) is 0 Å². The number of carbonyl (C=O) groups excluding carboxylic acids is 2. The molecule has 0 aliphatic carbocycles. The van der Waals surface area contributed by atoms with Crippen LogP contribution in [0, 0.1) is 19.7 Å². The Morgan fingerprint density at radius 3 is 2.23 bits per heavy atom. The molecule has 0 saturated carbocycles. The van der Waals surface area contributed by atoms with Crippen molar-refractivity contribution >= 4 is 23.1 Å². The Bertz CT molecular complexity index is 1150. The van der Waals surface area contributed by atoms with Crippen LogP contribution >= 0.6 is 0 Å². The van der Waals surface area contributed by atoms with E-state index in [1.165, 1.54) is 17.0 Å². The maximum Gasteiger partial charge on any atom is 0.278 e. The predicted octanol–water partition coefficient (Wildman–Crippen LogP) is 4.83. The summed E-state index contributed by atoms with van der Waals surface area (Å²) in [5.74, 6) is -1.12. The first-order valence-corrected chi connectivity index (χ1v) is 9.68. The van der Waals surface area contributed by atoms with E-state index in [1.54, 1.807) is 12.1 Å². The summed E-state index contributed by atoms with van der Waals surface area (Å²) in [6.45, 7) is 4.08. The van der Waals surface area contributed by atoms with Crippen molar-refractivity contribution in [3.05, 3.63) is 107 Å². The molecule has 30 heavy (non-hydrogen) atoms. The van der Waals surface area contributed by atoms with Crippen LogP contribution in [0.25, 0.3) is 5.57 Å². The van der Waals surface area contributed by atoms with E-state index in [4.69, 9.17) is 0 Å². The van der Waals surface area contributed by atoms with Gasteiger partial charge in [0.15, 0.2) is 0 Å². The van der Waals surface area contributed by atoms with Gasteiger partial charge >= 0.3 is 0 Å². The van der Waals surface area contributed by atoms with Crippen LogP contribution in [0.3, 0.4) is 0 Å². The van der Waals surface area contributed by atoms with Crippen molar-refractivity contribution in [1.82, 2.24) is 4.90 Å². The molecule has 3 aromatic carbocycles. The molecule has 1 aliphatic heterocycles. The number of halogens is 1. The van der Waals surface area contributed by atoms with Crippen LogP contribution in [0.2, 0.25) is 0 Å². The third-order valence-electron chi connectivity index (χ3n) is 5.12. The van der Waals surface area contributed by atoms with Gasteiger partial charge in [-0.1, -0.05) is 54.1 Å². The summed E-state index contributed by atoms with van der Waals surface area (Å²) >= 11 is 0. The summed E-state index contributed by atoms with van der Waals surface area (Å²) in [6, 6.07) is 20.8. The first kappa shape index (κ1) is 19.6. The van der Waals surface area contributed by atoms with Gasteiger partial charge in [-0.2, -0.15) is 0 Å².